The van der Waals surface area contributed by atoms with Crippen LogP contribution in [-0.2, 0) is 11.2 Å². The Hall–Kier alpha value is -1.77. The topological polar surface area (TPSA) is 35.5 Å². The molecule has 1 aromatic carbocycles. The molecule has 4 atom stereocenters. The van der Waals surface area contributed by atoms with Crippen LogP contribution in [0.2, 0.25) is 0 Å². The second-order valence-electron chi connectivity index (χ2n) is 7.52. The number of fused-ring (bicyclic) bond motifs is 1. The number of carbonyl (C=O) groups is 1. The first kappa shape index (κ1) is 17.1. The van der Waals surface area contributed by atoms with Crippen molar-refractivity contribution in [2.45, 2.75) is 39.5 Å². The van der Waals surface area contributed by atoms with Crippen LogP contribution in [0.15, 0.2) is 30.4 Å². The maximum absolute atomic E-state index is 12.4. The highest BCUT2D eigenvalue weighted by atomic mass is 16.5. The predicted molar refractivity (Wildman–Crippen MR) is 95.5 cm³/mol. The molecule has 0 amide bonds. The third-order valence-corrected chi connectivity index (χ3v) is 6.30. The predicted octanol–water partition coefficient (Wildman–Crippen LogP) is 4.44. The van der Waals surface area contributed by atoms with Crippen molar-refractivity contribution in [1.82, 2.24) is 0 Å². The van der Waals surface area contributed by atoms with Crippen LogP contribution in [0.3, 0.4) is 0 Å². The fourth-order valence-corrected chi connectivity index (χ4v) is 4.61. The molecular weight excluding hydrogens is 300 g/mol. The number of benzene rings is 1. The van der Waals surface area contributed by atoms with Crippen LogP contribution in [0.5, 0.6) is 11.5 Å². The van der Waals surface area contributed by atoms with E-state index in [2.05, 4.69) is 32.1 Å². The molecule has 0 heterocycles. The molecule has 0 aromatic heterocycles. The van der Waals surface area contributed by atoms with Crippen molar-refractivity contribution >= 4 is 5.78 Å². The second kappa shape index (κ2) is 6.62. The van der Waals surface area contributed by atoms with Gasteiger partial charge in [0.2, 0.25) is 0 Å². The summed E-state index contributed by atoms with van der Waals surface area (Å²) < 4.78 is 11.0. The molecule has 0 unspecified atom stereocenters. The lowest BCUT2D eigenvalue weighted by Gasteiger charge is -2.49. The first-order chi connectivity index (χ1) is 11.5. The van der Waals surface area contributed by atoms with E-state index in [9.17, 15) is 4.79 Å². The summed E-state index contributed by atoms with van der Waals surface area (Å²) in [6.07, 6.45) is 8.20. The summed E-state index contributed by atoms with van der Waals surface area (Å²) in [4.78, 5) is 12.4. The minimum absolute atomic E-state index is 0.0507. The molecule has 0 N–H and O–H groups in total. The lowest BCUT2D eigenvalue weighted by atomic mass is 9.55. The summed E-state index contributed by atoms with van der Waals surface area (Å²) in [5.41, 5.74) is 1.22. The van der Waals surface area contributed by atoms with Crippen molar-refractivity contribution in [1.29, 1.82) is 0 Å². The molecule has 0 radical (unpaired) electrons. The fourth-order valence-electron chi connectivity index (χ4n) is 4.61. The van der Waals surface area contributed by atoms with E-state index in [0.717, 1.165) is 37.2 Å². The number of methoxy groups -OCH3 is 2. The first-order valence-electron chi connectivity index (χ1n) is 8.91. The number of hydrogen-bond acceptors (Lipinski definition) is 3. The van der Waals surface area contributed by atoms with Gasteiger partial charge in [-0.3, -0.25) is 4.79 Å². The van der Waals surface area contributed by atoms with E-state index in [1.807, 2.05) is 12.1 Å². The van der Waals surface area contributed by atoms with Crippen molar-refractivity contribution in [3.05, 3.63) is 35.9 Å². The average Bonchev–Trinajstić information content (AvgIpc) is 2.59. The van der Waals surface area contributed by atoms with Crippen molar-refractivity contribution in [3.8, 4) is 11.5 Å². The maximum Gasteiger partial charge on any atom is 0.140 e. The van der Waals surface area contributed by atoms with E-state index in [4.69, 9.17) is 9.47 Å². The third-order valence-electron chi connectivity index (χ3n) is 6.30. The Bertz CT molecular complexity index is 648. The van der Waals surface area contributed by atoms with Crippen LogP contribution in [0.4, 0.5) is 0 Å². The van der Waals surface area contributed by atoms with Gasteiger partial charge >= 0.3 is 0 Å². The van der Waals surface area contributed by atoms with Gasteiger partial charge in [-0.25, -0.2) is 0 Å². The van der Waals surface area contributed by atoms with E-state index in [1.165, 1.54) is 5.56 Å². The highest BCUT2D eigenvalue weighted by Gasteiger charge is 2.47. The van der Waals surface area contributed by atoms with Crippen LogP contribution in [-0.4, -0.2) is 20.0 Å². The van der Waals surface area contributed by atoms with Crippen LogP contribution in [0.1, 0.15) is 38.7 Å². The van der Waals surface area contributed by atoms with Gasteiger partial charge in [0.1, 0.15) is 17.3 Å². The molecule has 0 bridgehead atoms. The minimum atomic E-state index is 0.0507. The maximum atomic E-state index is 12.4. The molecule has 1 aromatic rings. The van der Waals surface area contributed by atoms with Gasteiger partial charge in [0, 0.05) is 12.3 Å². The molecule has 130 valence electrons. The minimum Gasteiger partial charge on any atom is -0.497 e. The second-order valence-corrected chi connectivity index (χ2v) is 7.52. The van der Waals surface area contributed by atoms with Crippen molar-refractivity contribution < 1.29 is 14.3 Å². The Balaban J connectivity index is 1.98. The molecule has 2 aliphatic rings. The lowest BCUT2D eigenvalue weighted by Crippen LogP contribution is -2.46. The molecule has 0 spiro atoms. The number of ketones is 1. The summed E-state index contributed by atoms with van der Waals surface area (Å²) >= 11 is 0. The number of rotatable bonds is 4. The van der Waals surface area contributed by atoms with Crippen molar-refractivity contribution in [2.75, 3.05) is 14.2 Å². The number of Topliss-reactive ketones (excluding diaryl/α,β-unsaturated/α-hetero) is 1. The van der Waals surface area contributed by atoms with E-state index in [1.54, 1.807) is 14.2 Å². The van der Waals surface area contributed by atoms with E-state index < -0.39 is 0 Å². The molecule has 24 heavy (non-hydrogen) atoms. The normalized spacial score (nSPS) is 32.3. The summed E-state index contributed by atoms with van der Waals surface area (Å²) in [7, 11) is 3.40. The summed E-state index contributed by atoms with van der Waals surface area (Å²) in [5.74, 6) is 3.10. The number of hydrogen-bond donors (Lipinski definition) is 0. The van der Waals surface area contributed by atoms with E-state index in [-0.39, 0.29) is 11.3 Å². The molecule has 0 saturated heterocycles. The quantitative estimate of drug-likeness (QED) is 0.766. The molecule has 2 aliphatic carbocycles. The Morgan fingerprint density at radius 3 is 2.71 bits per heavy atom. The average molecular weight is 328 g/mol. The van der Waals surface area contributed by atoms with Gasteiger partial charge in [-0.05, 0) is 60.3 Å². The largest absolute Gasteiger partial charge is 0.497 e. The van der Waals surface area contributed by atoms with Gasteiger partial charge in [-0.2, -0.15) is 0 Å². The van der Waals surface area contributed by atoms with Gasteiger partial charge in [0.25, 0.3) is 0 Å². The lowest BCUT2D eigenvalue weighted by molar-refractivity contribution is -0.128. The van der Waals surface area contributed by atoms with Crippen LogP contribution in [0, 0.1) is 23.2 Å². The van der Waals surface area contributed by atoms with Gasteiger partial charge in [0.05, 0.1) is 14.2 Å². The number of carbonyl (C=O) groups excluding carboxylic acids is 1. The summed E-state index contributed by atoms with van der Waals surface area (Å²) in [5, 5.41) is 0. The van der Waals surface area contributed by atoms with Crippen molar-refractivity contribution in [3.63, 3.8) is 0 Å². The van der Waals surface area contributed by atoms with Gasteiger partial charge in [-0.15, -0.1) is 0 Å². The van der Waals surface area contributed by atoms with Crippen LogP contribution < -0.4 is 9.47 Å². The summed E-state index contributed by atoms with van der Waals surface area (Å²) in [6, 6.07) is 5.99. The molecular formula is C21H28O3. The molecule has 3 nitrogen and oxygen atoms in total. The van der Waals surface area contributed by atoms with Gasteiger partial charge < -0.3 is 9.47 Å². The molecule has 3 rings (SSSR count). The number of allylic oxidation sites excluding steroid dienone is 2. The van der Waals surface area contributed by atoms with Gasteiger partial charge in [-0.1, -0.05) is 26.0 Å². The van der Waals surface area contributed by atoms with E-state index in [0.29, 0.717) is 17.6 Å². The highest BCUT2D eigenvalue weighted by Crippen LogP contribution is 2.52. The summed E-state index contributed by atoms with van der Waals surface area (Å²) in [6.45, 7) is 4.62. The number of ether oxygens (including phenoxy) is 2. The molecule has 3 heteroatoms. The van der Waals surface area contributed by atoms with E-state index >= 15 is 0 Å². The molecule has 1 fully saturated rings. The molecule has 0 aliphatic heterocycles. The monoisotopic (exact) mass is 328 g/mol. The molecule has 1 saturated carbocycles. The van der Waals surface area contributed by atoms with Crippen molar-refractivity contribution in [2.24, 2.45) is 23.2 Å². The Kier molecular flexibility index (Phi) is 4.71. The zero-order valence-electron chi connectivity index (χ0n) is 15.2. The fraction of sp³-hybridized carbons (Fsp3) is 0.571. The third kappa shape index (κ3) is 2.85. The Morgan fingerprint density at radius 2 is 2.00 bits per heavy atom. The standard InChI is InChI=1S/C21H28O3/c1-14-8-10-17-18(6-5-7-19(17)22)21(14,2)13-15-12-16(23-3)9-11-20(15)24-4/h8-12,14,17-18H,5-7,13H2,1-4H3/t14-,17+,18-,21-/m0/s1. The zero-order chi connectivity index (χ0) is 17.3. The highest BCUT2D eigenvalue weighted by molar-refractivity contribution is 5.84. The Labute approximate surface area is 145 Å². The Morgan fingerprint density at radius 1 is 1.21 bits per heavy atom. The van der Waals surface area contributed by atoms with Crippen LogP contribution in [0.25, 0.3) is 0 Å². The zero-order valence-corrected chi connectivity index (χ0v) is 15.2. The first-order valence-corrected chi connectivity index (χ1v) is 8.91. The SMILES string of the molecule is COc1ccc(OC)c(C[C@@]2(C)[C@@H](C)C=C[C@H]3C(=O)CCC[C@@H]32)c1. The smallest absolute Gasteiger partial charge is 0.140 e. The van der Waals surface area contributed by atoms with Crippen LogP contribution >= 0.6 is 0 Å². The van der Waals surface area contributed by atoms with Gasteiger partial charge in [0.15, 0.2) is 0 Å².